The minimum atomic E-state index is -0.273. The van der Waals surface area contributed by atoms with Crippen molar-refractivity contribution in [2.75, 3.05) is 44.2 Å². The lowest BCUT2D eigenvalue weighted by atomic mass is 9.90. The summed E-state index contributed by atoms with van der Waals surface area (Å²) in [6.45, 7) is 6.35. The van der Waals surface area contributed by atoms with Gasteiger partial charge in [-0.2, -0.15) is 4.58 Å². The van der Waals surface area contributed by atoms with E-state index in [-0.39, 0.29) is 48.7 Å². The quantitative estimate of drug-likeness (QED) is 0.0570. The maximum atomic E-state index is 13.2. The summed E-state index contributed by atoms with van der Waals surface area (Å²) in [6, 6.07) is 39.6. The molecule has 0 unspecified atom stereocenters. The van der Waals surface area contributed by atoms with Gasteiger partial charge in [-0.25, -0.2) is 0 Å². The highest BCUT2D eigenvalue weighted by Gasteiger charge is 2.29. The van der Waals surface area contributed by atoms with Crippen molar-refractivity contribution in [3.8, 4) is 22.5 Å². The Kier molecular flexibility index (Phi) is 13.1. The number of hydrogen-bond donors (Lipinski definition) is 2. The topological polar surface area (TPSA) is 115 Å². The predicted molar refractivity (Wildman–Crippen MR) is 253 cm³/mol. The number of para-hydroxylation sites is 2. The van der Waals surface area contributed by atoms with Gasteiger partial charge >= 0.3 is 0 Å². The molecule has 4 aromatic carbocycles. The Morgan fingerprint density at radius 1 is 0.734 bits per heavy atom. The molecule has 64 heavy (non-hydrogen) atoms. The second-order valence-corrected chi connectivity index (χ2v) is 17.7. The molecule has 0 saturated carbocycles. The maximum Gasteiger partial charge on any atom is 0.223 e. The highest BCUT2D eigenvalue weighted by molar-refractivity contribution is 6.03. The molecule has 10 heteroatoms. The zero-order valence-corrected chi connectivity index (χ0v) is 36.9. The molecule has 2 N–H and O–H groups in total. The number of likely N-dealkylation sites (tertiary alicyclic amines) is 1. The zero-order chi connectivity index (χ0) is 44.0. The zero-order valence-electron chi connectivity index (χ0n) is 36.9. The summed E-state index contributed by atoms with van der Waals surface area (Å²) in [6.07, 6.45) is 6.76. The first-order valence-corrected chi connectivity index (χ1v) is 23.2. The molecule has 0 spiro atoms. The van der Waals surface area contributed by atoms with Crippen molar-refractivity contribution in [1.29, 1.82) is 0 Å². The molecule has 2 amide bonds. The van der Waals surface area contributed by atoms with E-state index in [1.54, 1.807) is 0 Å². The highest BCUT2D eigenvalue weighted by Crippen LogP contribution is 2.44. The van der Waals surface area contributed by atoms with Gasteiger partial charge in [0.15, 0.2) is 6.54 Å². The van der Waals surface area contributed by atoms with Crippen LogP contribution < -0.4 is 25.5 Å². The Labute approximate surface area is 375 Å². The van der Waals surface area contributed by atoms with Gasteiger partial charge in [-0.1, -0.05) is 67.1 Å². The molecule has 1 aliphatic carbocycles. The SMILES string of the molecule is CC(=O)CNC(=O)CCC(=O)CCCCCNC(=O)C1CCN(Cc2ccccc2-c2c3ccc(=[N+]4CCc5ccccc54)cc-3oc3cc(N4CCc5ccccc54)ccc23)CC1. The second-order valence-electron chi connectivity index (χ2n) is 17.7. The Morgan fingerprint density at radius 3 is 2.39 bits per heavy atom. The van der Waals surface area contributed by atoms with E-state index in [0.717, 1.165) is 111 Å². The molecule has 0 radical (unpaired) electrons. The smallest absolute Gasteiger partial charge is 0.223 e. The molecular formula is C54H58N5O5+. The minimum absolute atomic E-state index is 0.00203. The molecule has 5 aliphatic rings. The fourth-order valence-corrected chi connectivity index (χ4v) is 9.87. The first kappa shape index (κ1) is 42.9. The average molecular weight is 857 g/mol. The molecule has 9 rings (SSSR count). The fraction of sp³-hybridized carbons (Fsp3) is 0.352. The number of nitrogens with zero attached hydrogens (tertiary/aromatic N) is 3. The molecule has 4 aliphatic heterocycles. The number of anilines is 2. The lowest BCUT2D eigenvalue weighted by Crippen LogP contribution is -2.40. The molecular weight excluding hydrogens is 799 g/mol. The third-order valence-electron chi connectivity index (χ3n) is 13.3. The number of carbonyl (C=O) groups excluding carboxylic acids is 4. The first-order valence-electron chi connectivity index (χ1n) is 23.2. The third-order valence-corrected chi connectivity index (χ3v) is 13.3. The molecule has 1 fully saturated rings. The van der Waals surface area contributed by atoms with Crippen LogP contribution in [0.15, 0.2) is 114 Å². The maximum absolute atomic E-state index is 13.2. The summed E-state index contributed by atoms with van der Waals surface area (Å²) >= 11 is 0. The number of nitrogens with one attached hydrogen (secondary N) is 2. The van der Waals surface area contributed by atoms with Crippen LogP contribution in [-0.4, -0.2) is 67.5 Å². The van der Waals surface area contributed by atoms with Crippen molar-refractivity contribution in [1.82, 2.24) is 20.1 Å². The third kappa shape index (κ3) is 9.57. The summed E-state index contributed by atoms with van der Waals surface area (Å²) in [4.78, 5) is 53.1. The normalized spacial score (nSPS) is 15.9. The fourth-order valence-electron chi connectivity index (χ4n) is 9.87. The molecule has 0 atom stereocenters. The van der Waals surface area contributed by atoms with Crippen LogP contribution in [0.4, 0.5) is 17.1 Å². The van der Waals surface area contributed by atoms with Crippen LogP contribution in [0.25, 0.3) is 33.4 Å². The molecule has 0 aromatic heterocycles. The van der Waals surface area contributed by atoms with Crippen molar-refractivity contribution >= 4 is 51.4 Å². The van der Waals surface area contributed by atoms with E-state index in [1.807, 2.05) is 0 Å². The van der Waals surface area contributed by atoms with Gasteiger partial charge < -0.3 is 20.0 Å². The van der Waals surface area contributed by atoms with Crippen LogP contribution in [0, 0.1) is 5.92 Å². The van der Waals surface area contributed by atoms with Gasteiger partial charge in [-0.15, -0.1) is 0 Å². The summed E-state index contributed by atoms with van der Waals surface area (Å²) in [5.74, 6) is 0.629. The van der Waals surface area contributed by atoms with E-state index >= 15 is 0 Å². The number of unbranched alkanes of at least 4 members (excludes halogenated alkanes) is 2. The van der Waals surface area contributed by atoms with Gasteiger partial charge in [0.2, 0.25) is 22.9 Å². The number of carbonyl (C=O) groups is 4. The van der Waals surface area contributed by atoms with E-state index in [1.165, 1.54) is 46.1 Å². The van der Waals surface area contributed by atoms with Gasteiger partial charge in [0.1, 0.15) is 22.9 Å². The largest absolute Gasteiger partial charge is 0.456 e. The van der Waals surface area contributed by atoms with Crippen LogP contribution in [-0.2, 0) is 38.6 Å². The van der Waals surface area contributed by atoms with Gasteiger partial charge in [0.05, 0.1) is 12.6 Å². The lowest BCUT2D eigenvalue weighted by molar-refractivity contribution is -0.126. The number of amides is 2. The summed E-state index contributed by atoms with van der Waals surface area (Å²) < 4.78 is 9.36. The number of benzene rings is 5. The van der Waals surface area contributed by atoms with Crippen LogP contribution in [0.1, 0.15) is 75.0 Å². The Bertz CT molecular complexity index is 2750. The van der Waals surface area contributed by atoms with Gasteiger partial charge in [-0.05, 0) is 93.1 Å². The first-order chi connectivity index (χ1) is 31.3. The standard InChI is InChI=1S/C54H57N5O5/c1-37(60)35-56-52(62)23-20-44(61)14-3-2-10-28-55-54(63)40-24-29-57(30-25-40)36-41-13-4-7-15-45(41)53-46-21-18-42(58-31-26-38-11-5-8-16-48(38)58)33-50(46)64-51-34-43(19-22-47(51)53)59-32-27-39-12-6-9-17-49(39)59/h4-9,11-13,15-19,21-22,33-34,40H,2-3,10,14,20,23-32,35-36H2,1H3,(H-,55,56,62,63)/p+1. The molecule has 4 heterocycles. The van der Waals surface area contributed by atoms with Crippen molar-refractivity contribution < 1.29 is 23.6 Å². The van der Waals surface area contributed by atoms with Crippen molar-refractivity contribution in [3.63, 3.8) is 0 Å². The van der Waals surface area contributed by atoms with Gasteiger partial charge in [-0.3, -0.25) is 24.1 Å². The monoisotopic (exact) mass is 856 g/mol. The second kappa shape index (κ2) is 19.6. The molecule has 0 bridgehead atoms. The molecule has 328 valence electrons. The summed E-state index contributed by atoms with van der Waals surface area (Å²) in [7, 11) is 0. The lowest BCUT2D eigenvalue weighted by Gasteiger charge is -2.32. The number of fused-ring (bicyclic) bond motifs is 4. The van der Waals surface area contributed by atoms with Gasteiger partial charge in [0.25, 0.3) is 0 Å². The van der Waals surface area contributed by atoms with Crippen LogP contribution in [0.2, 0.25) is 0 Å². The number of piperidine rings is 1. The average Bonchev–Trinajstić information content (AvgIpc) is 3.96. The van der Waals surface area contributed by atoms with Crippen LogP contribution in [0.3, 0.4) is 0 Å². The Balaban J connectivity index is 0.884. The number of ketones is 2. The van der Waals surface area contributed by atoms with Crippen molar-refractivity contribution in [2.24, 2.45) is 5.92 Å². The van der Waals surface area contributed by atoms with Crippen LogP contribution in [0.5, 0.6) is 0 Å². The van der Waals surface area contributed by atoms with E-state index < -0.39 is 0 Å². The Morgan fingerprint density at radius 2 is 1.53 bits per heavy atom. The predicted octanol–water partition coefficient (Wildman–Crippen LogP) is 8.50. The van der Waals surface area contributed by atoms with E-state index in [0.29, 0.717) is 13.0 Å². The highest BCUT2D eigenvalue weighted by atomic mass is 16.3. The van der Waals surface area contributed by atoms with Crippen molar-refractivity contribution in [3.05, 3.63) is 131 Å². The van der Waals surface area contributed by atoms with E-state index in [4.69, 9.17) is 4.42 Å². The molecule has 1 saturated heterocycles. The number of rotatable bonds is 16. The molecule has 10 nitrogen and oxygen atoms in total. The van der Waals surface area contributed by atoms with E-state index in [2.05, 4.69) is 134 Å². The van der Waals surface area contributed by atoms with Crippen molar-refractivity contribution in [2.45, 2.75) is 77.7 Å². The molecule has 4 aromatic rings. The summed E-state index contributed by atoms with van der Waals surface area (Å²) in [5, 5.41) is 7.89. The number of Topliss-reactive ketones (excluding diaryl/α,β-unsaturated/α-hetero) is 2. The van der Waals surface area contributed by atoms with E-state index in [9.17, 15) is 19.2 Å². The van der Waals surface area contributed by atoms with Crippen LogP contribution >= 0.6 is 0 Å². The van der Waals surface area contributed by atoms with Gasteiger partial charge in [0, 0.05) is 103 Å². The number of hydrogen-bond acceptors (Lipinski definition) is 7. The minimum Gasteiger partial charge on any atom is -0.456 e. The Hall–Kier alpha value is -6.39. The summed E-state index contributed by atoms with van der Waals surface area (Å²) in [5.41, 5.74) is 12.0.